The molecule has 1 aliphatic heterocycles. The Kier molecular flexibility index (Phi) is 7.51. The molecule has 3 aromatic carbocycles. The van der Waals surface area contributed by atoms with Crippen LogP contribution in [0.2, 0.25) is 0 Å². The summed E-state index contributed by atoms with van der Waals surface area (Å²) in [6, 6.07) is 11.4. The molecular formula is C27H17F6NO4S. The largest absolute Gasteiger partial charge is 0.504 e. The van der Waals surface area contributed by atoms with E-state index in [0.717, 1.165) is 11.0 Å². The Morgan fingerprint density at radius 3 is 1.85 bits per heavy atom. The molecule has 0 saturated carbocycles. The standard InChI is InChI=1S/C27H17F6NO4S/c28-26(29,30)19-9-17(10-20(13-19)27(31,32)33)6-3-15-1-4-16(5-2-15)14-34-24(37)23(39-25(34)38)12-18-7-8-21(35)22(36)11-18/h1-13,35-36H,14H2/b6-3+,23-12-. The number of rotatable bonds is 5. The smallest absolute Gasteiger partial charge is 0.416 e. The molecule has 1 fully saturated rings. The van der Waals surface area contributed by atoms with Crippen LogP contribution in [-0.4, -0.2) is 26.3 Å². The fraction of sp³-hybridized carbons (Fsp3) is 0.111. The molecule has 0 aromatic heterocycles. The Morgan fingerprint density at radius 2 is 1.28 bits per heavy atom. The van der Waals surface area contributed by atoms with Gasteiger partial charge in [-0.05, 0) is 70.4 Å². The number of imide groups is 1. The first-order valence-electron chi connectivity index (χ1n) is 11.0. The van der Waals surface area contributed by atoms with E-state index in [-0.39, 0.29) is 34.6 Å². The van der Waals surface area contributed by atoms with E-state index in [4.69, 9.17) is 0 Å². The van der Waals surface area contributed by atoms with Crippen molar-refractivity contribution in [3.63, 3.8) is 0 Å². The zero-order valence-electron chi connectivity index (χ0n) is 19.5. The van der Waals surface area contributed by atoms with Crippen molar-refractivity contribution in [1.29, 1.82) is 0 Å². The van der Waals surface area contributed by atoms with Gasteiger partial charge in [0.1, 0.15) is 0 Å². The van der Waals surface area contributed by atoms with Crippen LogP contribution >= 0.6 is 11.8 Å². The molecule has 12 heteroatoms. The summed E-state index contributed by atoms with van der Waals surface area (Å²) in [6.07, 6.45) is -6.03. The first-order chi connectivity index (χ1) is 18.2. The number of thioether (sulfide) groups is 1. The summed E-state index contributed by atoms with van der Waals surface area (Å²) in [7, 11) is 0. The molecule has 4 rings (SSSR count). The van der Waals surface area contributed by atoms with E-state index < -0.39 is 34.6 Å². The van der Waals surface area contributed by atoms with Gasteiger partial charge < -0.3 is 10.2 Å². The first-order valence-corrected chi connectivity index (χ1v) is 11.9. The lowest BCUT2D eigenvalue weighted by Crippen LogP contribution is -2.27. The number of hydrogen-bond acceptors (Lipinski definition) is 5. The van der Waals surface area contributed by atoms with E-state index in [1.807, 2.05) is 0 Å². The highest BCUT2D eigenvalue weighted by molar-refractivity contribution is 8.18. The normalized spacial score (nSPS) is 15.6. The topological polar surface area (TPSA) is 77.8 Å². The molecule has 0 radical (unpaired) electrons. The van der Waals surface area contributed by atoms with Crippen molar-refractivity contribution in [2.45, 2.75) is 18.9 Å². The number of phenolic OH excluding ortho intramolecular Hbond substituents is 2. The second-order valence-corrected chi connectivity index (χ2v) is 9.42. The summed E-state index contributed by atoms with van der Waals surface area (Å²) in [5.74, 6) is -1.28. The number of amides is 2. The Labute approximate surface area is 221 Å². The first kappa shape index (κ1) is 27.8. The third kappa shape index (κ3) is 6.63. The quantitative estimate of drug-likeness (QED) is 0.145. The van der Waals surface area contributed by atoms with E-state index in [9.17, 15) is 46.1 Å². The molecular weight excluding hydrogens is 548 g/mol. The monoisotopic (exact) mass is 565 g/mol. The molecule has 1 aliphatic rings. The number of halogens is 6. The van der Waals surface area contributed by atoms with Crippen molar-refractivity contribution < 1.29 is 46.1 Å². The van der Waals surface area contributed by atoms with Gasteiger partial charge in [-0.15, -0.1) is 0 Å². The van der Waals surface area contributed by atoms with Crippen molar-refractivity contribution in [1.82, 2.24) is 4.90 Å². The Balaban J connectivity index is 1.48. The average Bonchev–Trinajstić information content (AvgIpc) is 3.12. The van der Waals surface area contributed by atoms with Crippen LogP contribution in [-0.2, 0) is 23.7 Å². The van der Waals surface area contributed by atoms with E-state index in [1.54, 1.807) is 12.1 Å². The van der Waals surface area contributed by atoms with Crippen molar-refractivity contribution in [2.24, 2.45) is 0 Å². The highest BCUT2D eigenvalue weighted by Crippen LogP contribution is 2.37. The molecule has 0 atom stereocenters. The minimum atomic E-state index is -4.95. The van der Waals surface area contributed by atoms with Crippen molar-refractivity contribution >= 4 is 41.1 Å². The minimum Gasteiger partial charge on any atom is -0.504 e. The van der Waals surface area contributed by atoms with Crippen LogP contribution < -0.4 is 0 Å². The van der Waals surface area contributed by atoms with E-state index in [0.29, 0.717) is 40.6 Å². The molecule has 5 nitrogen and oxygen atoms in total. The molecule has 2 N–H and O–H groups in total. The van der Waals surface area contributed by atoms with Crippen LogP contribution in [0.4, 0.5) is 31.1 Å². The SMILES string of the molecule is O=C1S/C(=C\c2ccc(O)c(O)c2)C(=O)N1Cc1ccc(/C=C/c2cc(C(F)(F)F)cc(C(F)(F)F)c2)cc1. The molecule has 2 amide bonds. The zero-order valence-corrected chi connectivity index (χ0v) is 20.4. The van der Waals surface area contributed by atoms with Gasteiger partial charge in [0.25, 0.3) is 11.1 Å². The summed E-state index contributed by atoms with van der Waals surface area (Å²) in [6.45, 7) is -0.0740. The molecule has 39 heavy (non-hydrogen) atoms. The van der Waals surface area contributed by atoms with Gasteiger partial charge in [0.05, 0.1) is 22.6 Å². The van der Waals surface area contributed by atoms with Crippen molar-refractivity contribution in [3.05, 3.63) is 98.9 Å². The summed E-state index contributed by atoms with van der Waals surface area (Å²) in [5.41, 5.74) is -1.70. The number of benzene rings is 3. The average molecular weight is 565 g/mol. The van der Waals surface area contributed by atoms with Crippen LogP contribution in [0, 0.1) is 0 Å². The van der Waals surface area contributed by atoms with Gasteiger partial charge in [0.15, 0.2) is 11.5 Å². The minimum absolute atomic E-state index is 0.0561. The van der Waals surface area contributed by atoms with Crippen LogP contribution in [0.25, 0.3) is 18.2 Å². The zero-order chi connectivity index (χ0) is 28.5. The van der Waals surface area contributed by atoms with Crippen molar-refractivity contribution in [2.75, 3.05) is 0 Å². The second kappa shape index (κ2) is 10.5. The molecule has 0 unspecified atom stereocenters. The number of nitrogens with zero attached hydrogens (tertiary/aromatic N) is 1. The van der Waals surface area contributed by atoms with Gasteiger partial charge in [0.2, 0.25) is 0 Å². The number of carbonyl (C=O) groups excluding carboxylic acids is 2. The van der Waals surface area contributed by atoms with Crippen LogP contribution in [0.5, 0.6) is 11.5 Å². The Bertz CT molecular complexity index is 1460. The summed E-state index contributed by atoms with van der Waals surface area (Å²) < 4.78 is 78.4. The lowest BCUT2D eigenvalue weighted by molar-refractivity contribution is -0.143. The Morgan fingerprint density at radius 1 is 0.718 bits per heavy atom. The number of aromatic hydroxyl groups is 2. The van der Waals surface area contributed by atoms with Crippen LogP contribution in [0.3, 0.4) is 0 Å². The van der Waals surface area contributed by atoms with Gasteiger partial charge >= 0.3 is 12.4 Å². The molecule has 202 valence electrons. The highest BCUT2D eigenvalue weighted by atomic mass is 32.2. The maximum absolute atomic E-state index is 13.1. The molecule has 0 spiro atoms. The molecule has 0 aliphatic carbocycles. The van der Waals surface area contributed by atoms with Crippen LogP contribution in [0.1, 0.15) is 33.4 Å². The predicted octanol–water partition coefficient (Wildman–Crippen LogP) is 7.54. The van der Waals surface area contributed by atoms with E-state index >= 15 is 0 Å². The predicted molar refractivity (Wildman–Crippen MR) is 133 cm³/mol. The fourth-order valence-electron chi connectivity index (χ4n) is 3.60. The lowest BCUT2D eigenvalue weighted by Gasteiger charge is -2.13. The van der Waals surface area contributed by atoms with Crippen molar-refractivity contribution in [3.8, 4) is 11.5 Å². The van der Waals surface area contributed by atoms with Gasteiger partial charge in [-0.1, -0.05) is 42.5 Å². The third-order valence-electron chi connectivity index (χ3n) is 5.57. The molecule has 1 heterocycles. The lowest BCUT2D eigenvalue weighted by atomic mass is 10.0. The van der Waals surface area contributed by atoms with E-state index in [2.05, 4.69) is 0 Å². The van der Waals surface area contributed by atoms with Gasteiger partial charge in [-0.3, -0.25) is 14.5 Å². The third-order valence-corrected chi connectivity index (χ3v) is 6.48. The van der Waals surface area contributed by atoms with Gasteiger partial charge in [-0.2, -0.15) is 26.3 Å². The fourth-order valence-corrected chi connectivity index (χ4v) is 4.44. The van der Waals surface area contributed by atoms with E-state index in [1.165, 1.54) is 42.5 Å². The number of carbonyl (C=O) groups is 2. The second-order valence-electron chi connectivity index (χ2n) is 8.43. The number of hydrogen-bond donors (Lipinski definition) is 2. The molecule has 3 aromatic rings. The summed E-state index contributed by atoms with van der Waals surface area (Å²) in [4.78, 5) is 26.2. The summed E-state index contributed by atoms with van der Waals surface area (Å²) >= 11 is 0.704. The van der Waals surface area contributed by atoms with Gasteiger partial charge in [-0.25, -0.2) is 0 Å². The number of alkyl halides is 6. The maximum Gasteiger partial charge on any atom is 0.416 e. The summed E-state index contributed by atoms with van der Waals surface area (Å²) in [5, 5.41) is 18.5. The molecule has 0 bridgehead atoms. The highest BCUT2D eigenvalue weighted by Gasteiger charge is 2.37. The Hall–Kier alpha value is -4.19. The number of phenols is 2. The molecule has 1 saturated heterocycles. The van der Waals surface area contributed by atoms with Crippen LogP contribution in [0.15, 0.2) is 65.6 Å². The maximum atomic E-state index is 13.1. The van der Waals surface area contributed by atoms with Gasteiger partial charge in [0, 0.05) is 0 Å².